The second-order valence-electron chi connectivity index (χ2n) is 1.28. The van der Waals surface area contributed by atoms with Gasteiger partial charge in [0.1, 0.15) is 0 Å². The molecule has 0 nitrogen and oxygen atoms in total. The van der Waals surface area contributed by atoms with Crippen LogP contribution in [0.3, 0.4) is 0 Å². The lowest BCUT2D eigenvalue weighted by Gasteiger charge is -1.77. The van der Waals surface area contributed by atoms with Crippen molar-refractivity contribution in [1.82, 2.24) is 0 Å². The van der Waals surface area contributed by atoms with Gasteiger partial charge in [0.25, 0.3) is 0 Å². The lowest BCUT2D eigenvalue weighted by atomic mass is 10.2. The summed E-state index contributed by atoms with van der Waals surface area (Å²) < 4.78 is 0. The predicted molar refractivity (Wildman–Crippen MR) is 27.2 cm³/mol. The second-order valence-corrected chi connectivity index (χ2v) is 1.28. The van der Waals surface area contributed by atoms with Gasteiger partial charge in [0.05, 0.1) is 6.42 Å². The SMILES string of the molecule is C1=CCC=C[CH+]1. The molecular weight excluding hydrogens is 72.1 g/mol. The summed E-state index contributed by atoms with van der Waals surface area (Å²) >= 11 is 0. The summed E-state index contributed by atoms with van der Waals surface area (Å²) in [6.45, 7) is 0. The molecule has 1 aliphatic carbocycles. The van der Waals surface area contributed by atoms with E-state index in [-0.39, 0.29) is 0 Å². The van der Waals surface area contributed by atoms with Crippen LogP contribution in [-0.4, -0.2) is 0 Å². The van der Waals surface area contributed by atoms with Gasteiger partial charge in [-0.1, -0.05) is 0 Å². The van der Waals surface area contributed by atoms with Gasteiger partial charge in [-0.3, -0.25) is 0 Å². The summed E-state index contributed by atoms with van der Waals surface area (Å²) in [7, 11) is 0. The van der Waals surface area contributed by atoms with Gasteiger partial charge in [-0.25, -0.2) is 0 Å². The normalized spacial score (nSPS) is 17.3. The van der Waals surface area contributed by atoms with Gasteiger partial charge in [0.15, 0.2) is 0 Å². The molecule has 0 amide bonds. The number of hydrogen-bond donors (Lipinski definition) is 0. The molecule has 0 bridgehead atoms. The van der Waals surface area contributed by atoms with Crippen LogP contribution in [0.4, 0.5) is 0 Å². The Hall–Kier alpha value is -0.650. The molecule has 0 saturated heterocycles. The summed E-state index contributed by atoms with van der Waals surface area (Å²) in [5.41, 5.74) is 0. The highest BCUT2D eigenvalue weighted by atomic mass is 13.8. The molecule has 0 aromatic carbocycles. The molecule has 1 aliphatic rings. The van der Waals surface area contributed by atoms with E-state index in [2.05, 4.69) is 24.3 Å². The van der Waals surface area contributed by atoms with Crippen molar-refractivity contribution < 1.29 is 0 Å². The minimum absolute atomic E-state index is 1.11. The van der Waals surface area contributed by atoms with Gasteiger partial charge < -0.3 is 0 Å². The molecule has 0 aromatic rings. The van der Waals surface area contributed by atoms with Crippen LogP contribution >= 0.6 is 0 Å². The lowest BCUT2D eigenvalue weighted by Crippen LogP contribution is -1.67. The van der Waals surface area contributed by atoms with Gasteiger partial charge in [-0.05, 0) is 0 Å². The molecular formula is C6H7+. The first kappa shape index (κ1) is 3.54. The van der Waals surface area contributed by atoms with Gasteiger partial charge in [-0.15, -0.1) is 0 Å². The Morgan fingerprint density at radius 2 is 1.83 bits per heavy atom. The zero-order chi connectivity index (χ0) is 4.24. The first-order valence-corrected chi connectivity index (χ1v) is 2.15. The fourth-order valence-electron chi connectivity index (χ4n) is 0.457. The molecule has 30 valence electrons. The average Bonchev–Trinajstić information content (AvgIpc) is 1.72. The van der Waals surface area contributed by atoms with Crippen molar-refractivity contribution in [3.63, 3.8) is 0 Å². The van der Waals surface area contributed by atoms with Gasteiger partial charge >= 0.3 is 0 Å². The fraction of sp³-hybridized carbons (Fsp3) is 0.167. The van der Waals surface area contributed by atoms with Crippen LogP contribution < -0.4 is 0 Å². The minimum atomic E-state index is 1.11. The highest BCUT2D eigenvalue weighted by molar-refractivity contribution is 5.14. The zero-order valence-electron chi connectivity index (χ0n) is 3.59. The maximum atomic E-state index is 2.12. The van der Waals surface area contributed by atoms with Crippen molar-refractivity contribution in [3.05, 3.63) is 30.7 Å². The van der Waals surface area contributed by atoms with E-state index in [4.69, 9.17) is 0 Å². The fourth-order valence-corrected chi connectivity index (χ4v) is 0.457. The third-order valence-corrected chi connectivity index (χ3v) is 0.767. The Labute approximate surface area is 38.2 Å². The Morgan fingerprint density at radius 3 is 2.00 bits per heavy atom. The van der Waals surface area contributed by atoms with E-state index in [0.29, 0.717) is 0 Å². The van der Waals surface area contributed by atoms with Crippen LogP contribution in [0.1, 0.15) is 6.42 Å². The second kappa shape index (κ2) is 1.71. The van der Waals surface area contributed by atoms with E-state index >= 15 is 0 Å². The average molecular weight is 79.1 g/mol. The molecule has 0 atom stereocenters. The van der Waals surface area contributed by atoms with E-state index in [1.54, 1.807) is 0 Å². The molecule has 1 rings (SSSR count). The molecule has 0 saturated carbocycles. The molecule has 0 heteroatoms. The maximum absolute atomic E-state index is 2.12. The molecule has 0 heterocycles. The van der Waals surface area contributed by atoms with Crippen molar-refractivity contribution >= 4 is 0 Å². The molecule has 0 N–H and O–H groups in total. The number of allylic oxidation sites excluding steroid dienone is 4. The van der Waals surface area contributed by atoms with E-state index in [9.17, 15) is 0 Å². The Balaban J connectivity index is 2.40. The summed E-state index contributed by atoms with van der Waals surface area (Å²) in [5, 5.41) is 0. The summed E-state index contributed by atoms with van der Waals surface area (Å²) in [6.07, 6.45) is 11.5. The van der Waals surface area contributed by atoms with Crippen LogP contribution in [0.25, 0.3) is 0 Å². The van der Waals surface area contributed by atoms with Gasteiger partial charge in [-0.2, -0.15) is 0 Å². The van der Waals surface area contributed by atoms with Crippen molar-refractivity contribution in [2.45, 2.75) is 6.42 Å². The van der Waals surface area contributed by atoms with Crippen LogP contribution in [0.2, 0.25) is 0 Å². The summed E-state index contributed by atoms with van der Waals surface area (Å²) in [5.74, 6) is 0. The van der Waals surface area contributed by atoms with E-state index in [1.807, 2.05) is 6.42 Å². The molecule has 0 spiro atoms. The molecule has 0 fully saturated rings. The van der Waals surface area contributed by atoms with Crippen LogP contribution in [-0.2, 0) is 0 Å². The van der Waals surface area contributed by atoms with Crippen molar-refractivity contribution in [2.24, 2.45) is 0 Å². The predicted octanol–water partition coefficient (Wildman–Crippen LogP) is 1.71. The minimum Gasteiger partial charge on any atom is 0.0177 e. The smallest absolute Gasteiger partial charge is 0.0177 e. The number of hydrogen-bond acceptors (Lipinski definition) is 0. The third kappa shape index (κ3) is 0.646. The van der Waals surface area contributed by atoms with E-state index in [1.165, 1.54) is 0 Å². The first-order valence-electron chi connectivity index (χ1n) is 2.15. The van der Waals surface area contributed by atoms with Gasteiger partial charge in [0.2, 0.25) is 0 Å². The first-order chi connectivity index (χ1) is 3.00. The number of rotatable bonds is 0. The van der Waals surface area contributed by atoms with Crippen molar-refractivity contribution in [2.75, 3.05) is 0 Å². The summed E-state index contributed by atoms with van der Waals surface area (Å²) in [4.78, 5) is 0. The zero-order valence-corrected chi connectivity index (χ0v) is 3.59. The lowest BCUT2D eigenvalue weighted by molar-refractivity contribution is 1.34. The van der Waals surface area contributed by atoms with Crippen LogP contribution in [0.15, 0.2) is 24.3 Å². The standard InChI is InChI=1S/C6H7/c1-2-4-6-5-3-1/h1-5H,6H2/q+1. The van der Waals surface area contributed by atoms with E-state index in [0.717, 1.165) is 6.42 Å². The largest absolute Gasteiger partial charge is 0.0720 e. The Morgan fingerprint density at radius 1 is 1.17 bits per heavy atom. The van der Waals surface area contributed by atoms with Crippen LogP contribution in [0, 0.1) is 6.42 Å². The van der Waals surface area contributed by atoms with Gasteiger partial charge in [0, 0.05) is 30.7 Å². The molecule has 0 aromatic heterocycles. The van der Waals surface area contributed by atoms with Crippen molar-refractivity contribution in [3.8, 4) is 0 Å². The van der Waals surface area contributed by atoms with Crippen LogP contribution in [0.5, 0.6) is 0 Å². The van der Waals surface area contributed by atoms with Crippen molar-refractivity contribution in [1.29, 1.82) is 0 Å². The maximum Gasteiger partial charge on any atom is 0.0720 e. The Kier molecular flexibility index (Phi) is 1.01. The topological polar surface area (TPSA) is 0 Å². The molecule has 0 radical (unpaired) electrons. The highest BCUT2D eigenvalue weighted by Crippen LogP contribution is 1.95. The molecule has 6 heavy (non-hydrogen) atoms. The summed E-state index contributed by atoms with van der Waals surface area (Å²) in [6, 6.07) is 0. The Bertz CT molecular complexity index is 58.0. The third-order valence-electron chi connectivity index (χ3n) is 0.767. The highest BCUT2D eigenvalue weighted by Gasteiger charge is 1.85. The quantitative estimate of drug-likeness (QED) is 0.388. The monoisotopic (exact) mass is 79.1 g/mol. The van der Waals surface area contributed by atoms with E-state index < -0.39 is 0 Å². The molecule has 0 unspecified atom stereocenters. The molecule has 0 aliphatic heterocycles.